The molecular weight excluding hydrogens is 364 g/mol. The maximum Gasteiger partial charge on any atom is 0.291 e. The van der Waals surface area contributed by atoms with Gasteiger partial charge in [0, 0.05) is 28.4 Å². The third-order valence-electron chi connectivity index (χ3n) is 4.03. The Morgan fingerprint density at radius 2 is 1.63 bits per heavy atom. The summed E-state index contributed by atoms with van der Waals surface area (Å²) in [5.74, 6) is 0.348. The third kappa shape index (κ3) is 4.57. The highest BCUT2D eigenvalue weighted by Crippen LogP contribution is 2.27. The van der Waals surface area contributed by atoms with Crippen LogP contribution < -0.4 is 10.6 Å². The van der Waals surface area contributed by atoms with Gasteiger partial charge in [-0.2, -0.15) is 0 Å². The van der Waals surface area contributed by atoms with Crippen LogP contribution in [0.3, 0.4) is 0 Å². The summed E-state index contributed by atoms with van der Waals surface area (Å²) < 4.78 is 5.66. The van der Waals surface area contributed by atoms with Crippen LogP contribution in [0.4, 0.5) is 11.4 Å². The average molecular weight is 383 g/mol. The molecule has 0 unspecified atom stereocenters. The van der Waals surface area contributed by atoms with E-state index >= 15 is 0 Å². The number of nitrogens with one attached hydrogen (secondary N) is 2. The van der Waals surface area contributed by atoms with E-state index in [0.717, 1.165) is 11.1 Å². The van der Waals surface area contributed by atoms with E-state index in [0.29, 0.717) is 28.6 Å². The van der Waals surface area contributed by atoms with Gasteiger partial charge in [-0.1, -0.05) is 30.7 Å². The lowest BCUT2D eigenvalue weighted by molar-refractivity contribution is -0.115. The molecule has 0 saturated heterocycles. The van der Waals surface area contributed by atoms with Crippen molar-refractivity contribution in [2.24, 2.45) is 0 Å². The highest BCUT2D eigenvalue weighted by molar-refractivity contribution is 6.31. The standard InChI is InChI=1S/C21H19ClN2O3/c1-3-20(25)23-15-6-8-16(9-7-15)24-21(26)19-11-10-18(27-19)14-5-4-13(2)17(22)12-14/h4-12H,3H2,1-2H3,(H,23,25)(H,24,26). The van der Waals surface area contributed by atoms with E-state index in [4.69, 9.17) is 16.0 Å². The summed E-state index contributed by atoms with van der Waals surface area (Å²) in [6, 6.07) is 15.8. The highest BCUT2D eigenvalue weighted by atomic mass is 35.5. The zero-order chi connectivity index (χ0) is 19.4. The molecule has 0 saturated carbocycles. The predicted molar refractivity (Wildman–Crippen MR) is 107 cm³/mol. The Labute approximate surface area is 162 Å². The first-order valence-electron chi connectivity index (χ1n) is 8.54. The summed E-state index contributed by atoms with van der Waals surface area (Å²) in [6.07, 6.45) is 0.408. The van der Waals surface area contributed by atoms with Crippen LogP contribution in [-0.2, 0) is 4.79 Å². The van der Waals surface area contributed by atoms with Crippen molar-refractivity contribution in [3.8, 4) is 11.3 Å². The summed E-state index contributed by atoms with van der Waals surface area (Å²) in [5, 5.41) is 6.16. The fourth-order valence-corrected chi connectivity index (χ4v) is 2.62. The average Bonchev–Trinajstić information content (AvgIpc) is 3.16. The van der Waals surface area contributed by atoms with Crippen LogP contribution in [0.1, 0.15) is 29.5 Å². The Morgan fingerprint density at radius 1 is 0.963 bits per heavy atom. The van der Waals surface area contributed by atoms with E-state index in [1.54, 1.807) is 49.4 Å². The first-order valence-corrected chi connectivity index (χ1v) is 8.91. The molecule has 3 rings (SSSR count). The minimum atomic E-state index is -0.357. The lowest BCUT2D eigenvalue weighted by Gasteiger charge is -2.06. The van der Waals surface area contributed by atoms with Crippen LogP contribution in [0.2, 0.25) is 5.02 Å². The molecule has 1 aromatic heterocycles. The number of halogens is 1. The number of hydrogen-bond acceptors (Lipinski definition) is 3. The van der Waals surface area contributed by atoms with Gasteiger partial charge in [-0.05, 0) is 55.0 Å². The van der Waals surface area contributed by atoms with Crippen molar-refractivity contribution < 1.29 is 14.0 Å². The minimum Gasteiger partial charge on any atom is -0.451 e. The Kier molecular flexibility index (Phi) is 5.62. The van der Waals surface area contributed by atoms with E-state index in [9.17, 15) is 9.59 Å². The van der Waals surface area contributed by atoms with Gasteiger partial charge in [-0.25, -0.2) is 0 Å². The van der Waals surface area contributed by atoms with Gasteiger partial charge >= 0.3 is 0 Å². The van der Waals surface area contributed by atoms with Crippen LogP contribution in [0, 0.1) is 6.92 Å². The van der Waals surface area contributed by atoms with Crippen molar-refractivity contribution in [3.63, 3.8) is 0 Å². The summed E-state index contributed by atoms with van der Waals surface area (Å²) >= 11 is 6.15. The minimum absolute atomic E-state index is 0.0638. The van der Waals surface area contributed by atoms with Crippen LogP contribution in [-0.4, -0.2) is 11.8 Å². The molecule has 0 atom stereocenters. The van der Waals surface area contributed by atoms with Crippen molar-refractivity contribution in [1.82, 2.24) is 0 Å². The van der Waals surface area contributed by atoms with Crippen molar-refractivity contribution in [2.75, 3.05) is 10.6 Å². The fraction of sp³-hybridized carbons (Fsp3) is 0.143. The van der Waals surface area contributed by atoms with Gasteiger partial charge in [0.2, 0.25) is 5.91 Å². The second-order valence-corrected chi connectivity index (χ2v) is 6.47. The molecule has 6 heteroatoms. The Hall–Kier alpha value is -3.05. The van der Waals surface area contributed by atoms with E-state index < -0.39 is 0 Å². The van der Waals surface area contributed by atoms with E-state index in [-0.39, 0.29) is 17.6 Å². The van der Waals surface area contributed by atoms with Crippen LogP contribution in [0.25, 0.3) is 11.3 Å². The molecule has 138 valence electrons. The van der Waals surface area contributed by atoms with Crippen molar-refractivity contribution in [3.05, 3.63) is 70.9 Å². The molecule has 3 aromatic rings. The van der Waals surface area contributed by atoms with E-state index in [1.807, 2.05) is 19.1 Å². The topological polar surface area (TPSA) is 71.3 Å². The molecule has 0 fully saturated rings. The van der Waals surface area contributed by atoms with Gasteiger partial charge in [0.25, 0.3) is 5.91 Å². The van der Waals surface area contributed by atoms with Gasteiger partial charge in [-0.3, -0.25) is 9.59 Å². The quantitative estimate of drug-likeness (QED) is 0.611. The predicted octanol–water partition coefficient (Wildman–Crippen LogP) is 5.51. The summed E-state index contributed by atoms with van der Waals surface area (Å²) in [7, 11) is 0. The van der Waals surface area contributed by atoms with Crippen molar-refractivity contribution in [1.29, 1.82) is 0 Å². The van der Waals surface area contributed by atoms with Gasteiger partial charge in [0.05, 0.1) is 0 Å². The van der Waals surface area contributed by atoms with Gasteiger partial charge < -0.3 is 15.1 Å². The molecule has 27 heavy (non-hydrogen) atoms. The van der Waals surface area contributed by atoms with Crippen molar-refractivity contribution >= 4 is 34.8 Å². The lowest BCUT2D eigenvalue weighted by Crippen LogP contribution is -2.11. The highest BCUT2D eigenvalue weighted by Gasteiger charge is 2.13. The van der Waals surface area contributed by atoms with Crippen LogP contribution in [0.5, 0.6) is 0 Å². The molecule has 0 bridgehead atoms. The maximum atomic E-state index is 12.4. The molecule has 2 aromatic carbocycles. The lowest BCUT2D eigenvalue weighted by atomic mass is 10.1. The normalized spacial score (nSPS) is 10.5. The second-order valence-electron chi connectivity index (χ2n) is 6.06. The Bertz CT molecular complexity index is 977. The number of benzene rings is 2. The van der Waals surface area contributed by atoms with Crippen molar-refractivity contribution in [2.45, 2.75) is 20.3 Å². The maximum absolute atomic E-state index is 12.4. The third-order valence-corrected chi connectivity index (χ3v) is 4.44. The zero-order valence-corrected chi connectivity index (χ0v) is 15.8. The number of amides is 2. The monoisotopic (exact) mass is 382 g/mol. The largest absolute Gasteiger partial charge is 0.451 e. The molecule has 0 aliphatic rings. The second kappa shape index (κ2) is 8.10. The number of carbonyl (C=O) groups is 2. The molecule has 0 radical (unpaired) electrons. The molecule has 0 aliphatic carbocycles. The molecule has 2 N–H and O–H groups in total. The van der Waals surface area contributed by atoms with E-state index in [1.165, 1.54) is 0 Å². The summed E-state index contributed by atoms with van der Waals surface area (Å²) in [5.41, 5.74) is 3.06. The van der Waals surface area contributed by atoms with Gasteiger partial charge in [0.15, 0.2) is 5.76 Å². The van der Waals surface area contributed by atoms with Gasteiger partial charge in [0.1, 0.15) is 5.76 Å². The summed E-state index contributed by atoms with van der Waals surface area (Å²) in [6.45, 7) is 3.71. The molecule has 0 aliphatic heterocycles. The van der Waals surface area contributed by atoms with Crippen LogP contribution >= 0.6 is 11.6 Å². The molecular formula is C21H19ClN2O3. The Morgan fingerprint density at radius 3 is 2.26 bits per heavy atom. The first-order chi connectivity index (χ1) is 13.0. The molecule has 2 amide bonds. The van der Waals surface area contributed by atoms with E-state index in [2.05, 4.69) is 10.6 Å². The molecule has 5 nitrogen and oxygen atoms in total. The number of rotatable bonds is 5. The first kappa shape index (κ1) is 18.7. The molecule has 0 spiro atoms. The van der Waals surface area contributed by atoms with Crippen LogP contribution in [0.15, 0.2) is 59.0 Å². The number of anilines is 2. The zero-order valence-electron chi connectivity index (χ0n) is 15.0. The number of hydrogen-bond donors (Lipinski definition) is 2. The van der Waals surface area contributed by atoms with Gasteiger partial charge in [-0.15, -0.1) is 0 Å². The SMILES string of the molecule is CCC(=O)Nc1ccc(NC(=O)c2ccc(-c3ccc(C)c(Cl)c3)o2)cc1. The summed E-state index contributed by atoms with van der Waals surface area (Å²) in [4.78, 5) is 23.8. The number of carbonyl (C=O) groups excluding carboxylic acids is 2. The number of furan rings is 1. The Balaban J connectivity index is 1.69. The fourth-order valence-electron chi connectivity index (χ4n) is 2.44. The smallest absolute Gasteiger partial charge is 0.291 e. The molecule has 1 heterocycles. The number of aryl methyl sites for hydroxylation is 1.